The van der Waals surface area contributed by atoms with E-state index < -0.39 is 10.0 Å². The summed E-state index contributed by atoms with van der Waals surface area (Å²) < 4.78 is 22.2. The predicted octanol–water partition coefficient (Wildman–Crippen LogP) is 0.361. The van der Waals surface area contributed by atoms with Crippen LogP contribution >= 0.6 is 0 Å². The Hall–Kier alpha value is -1.43. The lowest BCUT2D eigenvalue weighted by Gasteiger charge is -2.01. The van der Waals surface area contributed by atoms with Crippen LogP contribution in [0, 0.1) is 0 Å². The molecule has 2 rings (SSSR count). The van der Waals surface area contributed by atoms with Crippen molar-refractivity contribution in [1.82, 2.24) is 0 Å². The van der Waals surface area contributed by atoms with E-state index in [4.69, 9.17) is 5.14 Å². The first-order valence-corrected chi connectivity index (χ1v) is 5.91. The SMILES string of the molecule is NS(=O)(=O)c1ccc2c([NH3+])cccc2c1. The first-order valence-electron chi connectivity index (χ1n) is 4.36. The summed E-state index contributed by atoms with van der Waals surface area (Å²) in [5.41, 5.74) is 4.73. The maximum atomic E-state index is 11.1. The Balaban J connectivity index is 2.79. The average Bonchev–Trinajstić information content (AvgIpc) is 2.16. The van der Waals surface area contributed by atoms with Gasteiger partial charge in [-0.25, -0.2) is 13.6 Å². The molecule has 0 unspecified atom stereocenters. The summed E-state index contributed by atoms with van der Waals surface area (Å²) >= 11 is 0. The smallest absolute Gasteiger partial charge is 0.238 e. The molecule has 15 heavy (non-hydrogen) atoms. The monoisotopic (exact) mass is 223 g/mol. The molecule has 0 amide bonds. The van der Waals surface area contributed by atoms with Gasteiger partial charge in [0.15, 0.2) is 0 Å². The lowest BCUT2D eigenvalue weighted by atomic mass is 10.1. The number of rotatable bonds is 1. The van der Waals surface area contributed by atoms with E-state index in [2.05, 4.69) is 5.73 Å². The van der Waals surface area contributed by atoms with Crippen molar-refractivity contribution < 1.29 is 14.2 Å². The van der Waals surface area contributed by atoms with Gasteiger partial charge < -0.3 is 5.73 Å². The number of hydrogen-bond donors (Lipinski definition) is 2. The molecule has 0 aromatic heterocycles. The third-order valence-electron chi connectivity index (χ3n) is 2.27. The van der Waals surface area contributed by atoms with Gasteiger partial charge in [0.25, 0.3) is 0 Å². The molecule has 78 valence electrons. The minimum atomic E-state index is -3.63. The Labute approximate surface area is 87.6 Å². The molecule has 5 heteroatoms. The normalized spacial score (nSPS) is 11.9. The van der Waals surface area contributed by atoms with E-state index in [1.807, 2.05) is 18.2 Å². The van der Waals surface area contributed by atoms with Crippen molar-refractivity contribution in [3.8, 4) is 0 Å². The van der Waals surface area contributed by atoms with Crippen molar-refractivity contribution >= 4 is 26.5 Å². The molecule has 0 aliphatic heterocycles. The fourth-order valence-electron chi connectivity index (χ4n) is 1.51. The lowest BCUT2D eigenvalue weighted by molar-refractivity contribution is -0.252. The van der Waals surface area contributed by atoms with Crippen molar-refractivity contribution in [3.63, 3.8) is 0 Å². The summed E-state index contributed by atoms with van der Waals surface area (Å²) in [6, 6.07) is 10.3. The van der Waals surface area contributed by atoms with Crippen molar-refractivity contribution in [1.29, 1.82) is 0 Å². The molecule has 0 bridgehead atoms. The van der Waals surface area contributed by atoms with E-state index in [9.17, 15) is 8.42 Å². The third kappa shape index (κ3) is 1.85. The second kappa shape index (κ2) is 3.30. The van der Waals surface area contributed by atoms with Crippen LogP contribution in [0.5, 0.6) is 0 Å². The molecule has 0 aliphatic carbocycles. The number of hydrogen-bond acceptors (Lipinski definition) is 2. The maximum Gasteiger partial charge on any atom is 0.238 e. The Kier molecular flexibility index (Phi) is 2.22. The minimum Gasteiger partial charge on any atom is -0.325 e. The maximum absolute atomic E-state index is 11.1. The minimum absolute atomic E-state index is 0.126. The molecule has 0 radical (unpaired) electrons. The van der Waals surface area contributed by atoms with Crippen LogP contribution < -0.4 is 10.9 Å². The van der Waals surface area contributed by atoms with Crippen molar-refractivity contribution in [2.45, 2.75) is 4.90 Å². The lowest BCUT2D eigenvalue weighted by Crippen LogP contribution is -2.40. The summed E-state index contributed by atoms with van der Waals surface area (Å²) in [7, 11) is -3.63. The topological polar surface area (TPSA) is 87.8 Å². The van der Waals surface area contributed by atoms with Crippen molar-refractivity contribution in [3.05, 3.63) is 36.4 Å². The van der Waals surface area contributed by atoms with E-state index in [1.165, 1.54) is 6.07 Å². The Morgan fingerprint density at radius 1 is 1.13 bits per heavy atom. The fraction of sp³-hybridized carbons (Fsp3) is 0. The molecule has 0 atom stereocenters. The largest absolute Gasteiger partial charge is 0.325 e. The van der Waals surface area contributed by atoms with Crippen LogP contribution in [0.1, 0.15) is 0 Å². The predicted molar refractivity (Wildman–Crippen MR) is 57.9 cm³/mol. The van der Waals surface area contributed by atoms with Gasteiger partial charge >= 0.3 is 0 Å². The summed E-state index contributed by atoms with van der Waals surface area (Å²) in [6.07, 6.45) is 0. The van der Waals surface area contributed by atoms with Gasteiger partial charge in [-0.3, -0.25) is 0 Å². The molecular formula is C10H11N2O2S+. The highest BCUT2D eigenvalue weighted by molar-refractivity contribution is 7.89. The molecule has 0 aliphatic rings. The number of sulfonamides is 1. The first-order chi connectivity index (χ1) is 6.98. The standard InChI is InChI=1S/C10H10N2O2S/c11-10-3-1-2-7-6-8(15(12,13)14)4-5-9(7)10/h1-6H,11H2,(H2,12,13,14)/p+1. The Morgan fingerprint density at radius 2 is 1.87 bits per heavy atom. The second-order valence-electron chi connectivity index (χ2n) is 3.35. The molecule has 2 aromatic carbocycles. The van der Waals surface area contributed by atoms with Gasteiger partial charge in [-0.15, -0.1) is 0 Å². The van der Waals surface area contributed by atoms with Crippen LogP contribution in [0.15, 0.2) is 41.3 Å². The van der Waals surface area contributed by atoms with Gasteiger partial charge in [-0.2, -0.15) is 0 Å². The molecule has 0 spiro atoms. The van der Waals surface area contributed by atoms with E-state index >= 15 is 0 Å². The van der Waals surface area contributed by atoms with Crippen LogP contribution in [0.4, 0.5) is 5.69 Å². The van der Waals surface area contributed by atoms with Gasteiger partial charge in [0, 0.05) is 5.39 Å². The number of benzene rings is 2. The van der Waals surface area contributed by atoms with Crippen LogP contribution in [0.25, 0.3) is 10.8 Å². The van der Waals surface area contributed by atoms with Gasteiger partial charge in [0.1, 0.15) is 5.69 Å². The number of fused-ring (bicyclic) bond motifs is 1. The zero-order chi connectivity index (χ0) is 11.1. The molecule has 0 fully saturated rings. The zero-order valence-corrected chi connectivity index (χ0v) is 8.79. The Morgan fingerprint density at radius 3 is 2.53 bits per heavy atom. The van der Waals surface area contributed by atoms with E-state index in [1.54, 1.807) is 12.1 Å². The molecule has 2 aromatic rings. The summed E-state index contributed by atoms with van der Waals surface area (Å²) in [5.74, 6) is 0. The van der Waals surface area contributed by atoms with Crippen molar-refractivity contribution in [2.24, 2.45) is 5.14 Å². The van der Waals surface area contributed by atoms with E-state index in [0.717, 1.165) is 16.5 Å². The second-order valence-corrected chi connectivity index (χ2v) is 4.91. The van der Waals surface area contributed by atoms with Gasteiger partial charge in [-0.1, -0.05) is 12.1 Å². The van der Waals surface area contributed by atoms with Crippen LogP contribution in [-0.4, -0.2) is 8.42 Å². The molecule has 5 N–H and O–H groups in total. The highest BCUT2D eigenvalue weighted by Gasteiger charge is 2.09. The molecule has 4 nitrogen and oxygen atoms in total. The molecule has 0 saturated carbocycles. The summed E-state index contributed by atoms with van der Waals surface area (Å²) in [5, 5.41) is 6.81. The fourth-order valence-corrected chi connectivity index (χ4v) is 2.05. The van der Waals surface area contributed by atoms with Crippen LogP contribution in [-0.2, 0) is 10.0 Å². The summed E-state index contributed by atoms with van der Waals surface area (Å²) in [6.45, 7) is 0. The highest BCUT2D eigenvalue weighted by atomic mass is 32.2. The van der Waals surface area contributed by atoms with Crippen LogP contribution in [0.2, 0.25) is 0 Å². The highest BCUT2D eigenvalue weighted by Crippen LogP contribution is 2.22. The van der Waals surface area contributed by atoms with Gasteiger partial charge in [0.05, 0.1) is 4.90 Å². The van der Waals surface area contributed by atoms with E-state index in [0.29, 0.717) is 0 Å². The average molecular weight is 223 g/mol. The van der Waals surface area contributed by atoms with Crippen molar-refractivity contribution in [2.75, 3.05) is 0 Å². The number of quaternary nitrogens is 1. The summed E-state index contributed by atoms with van der Waals surface area (Å²) in [4.78, 5) is 0.126. The zero-order valence-electron chi connectivity index (χ0n) is 7.97. The first kappa shape index (κ1) is 10.1. The molecule has 0 heterocycles. The molecule has 0 saturated heterocycles. The number of primary sulfonamides is 1. The van der Waals surface area contributed by atoms with Gasteiger partial charge in [-0.05, 0) is 29.7 Å². The number of nitrogens with two attached hydrogens (primary N) is 1. The molecular weight excluding hydrogens is 212 g/mol. The third-order valence-corrected chi connectivity index (χ3v) is 3.18. The van der Waals surface area contributed by atoms with E-state index in [-0.39, 0.29) is 4.90 Å². The van der Waals surface area contributed by atoms with Gasteiger partial charge in [0.2, 0.25) is 10.0 Å². The van der Waals surface area contributed by atoms with Crippen LogP contribution in [0.3, 0.4) is 0 Å². The Bertz CT molecular complexity index is 620. The quantitative estimate of drug-likeness (QED) is 0.731.